The Morgan fingerprint density at radius 1 is 1.45 bits per heavy atom. The van der Waals surface area contributed by atoms with Gasteiger partial charge in [0.1, 0.15) is 5.82 Å². The Balaban J connectivity index is 1.86. The molecule has 1 aliphatic rings. The lowest BCUT2D eigenvalue weighted by Crippen LogP contribution is -2.45. The number of benzene rings is 1. The van der Waals surface area contributed by atoms with Crippen LogP contribution in [0.4, 0.5) is 4.39 Å². The van der Waals surface area contributed by atoms with Crippen molar-refractivity contribution in [3.63, 3.8) is 0 Å². The molecule has 4 nitrogen and oxygen atoms in total. The summed E-state index contributed by atoms with van der Waals surface area (Å²) in [5.41, 5.74) is 0.929. The second-order valence-corrected chi connectivity index (χ2v) is 5.99. The molecule has 22 heavy (non-hydrogen) atoms. The Kier molecular flexibility index (Phi) is 6.34. The fourth-order valence-electron chi connectivity index (χ4n) is 2.85. The number of ether oxygens (including phenoxy) is 1. The number of carbonyl (C=O) groups is 1. The standard InChI is InChI=1S/C17H24FNO3/c1-12(13-4-6-15(18)7-5-13)9-17(21)19-16(10-20)14-3-2-8-22-11-14/h4-7,12,14,16,20H,2-3,8-11H2,1H3,(H,19,21). The third kappa shape index (κ3) is 4.78. The van der Waals surface area contributed by atoms with E-state index in [1.54, 1.807) is 12.1 Å². The molecule has 0 aliphatic carbocycles. The Morgan fingerprint density at radius 2 is 2.18 bits per heavy atom. The van der Waals surface area contributed by atoms with Gasteiger partial charge < -0.3 is 15.2 Å². The van der Waals surface area contributed by atoms with E-state index in [-0.39, 0.29) is 36.2 Å². The van der Waals surface area contributed by atoms with Crippen molar-refractivity contribution in [3.8, 4) is 0 Å². The smallest absolute Gasteiger partial charge is 0.220 e. The Bertz CT molecular complexity index is 471. The van der Waals surface area contributed by atoms with E-state index in [0.717, 1.165) is 25.0 Å². The van der Waals surface area contributed by atoms with Crippen molar-refractivity contribution < 1.29 is 19.0 Å². The van der Waals surface area contributed by atoms with Gasteiger partial charge in [-0.05, 0) is 36.5 Å². The fourth-order valence-corrected chi connectivity index (χ4v) is 2.85. The first-order chi connectivity index (χ1) is 10.6. The molecular weight excluding hydrogens is 285 g/mol. The highest BCUT2D eigenvalue weighted by Gasteiger charge is 2.25. The van der Waals surface area contributed by atoms with E-state index in [1.165, 1.54) is 12.1 Å². The quantitative estimate of drug-likeness (QED) is 0.847. The molecule has 1 aliphatic heterocycles. The third-order valence-electron chi connectivity index (χ3n) is 4.24. The summed E-state index contributed by atoms with van der Waals surface area (Å²) in [7, 11) is 0. The number of rotatable bonds is 6. The van der Waals surface area contributed by atoms with Gasteiger partial charge in [-0.15, -0.1) is 0 Å². The first-order valence-corrected chi connectivity index (χ1v) is 7.83. The average molecular weight is 309 g/mol. The van der Waals surface area contributed by atoms with Gasteiger partial charge in [0.25, 0.3) is 0 Å². The summed E-state index contributed by atoms with van der Waals surface area (Å²) in [6, 6.07) is 5.95. The number of amides is 1. The summed E-state index contributed by atoms with van der Waals surface area (Å²) in [6.07, 6.45) is 2.23. The first kappa shape index (κ1) is 16.9. The second kappa shape index (κ2) is 8.25. The maximum Gasteiger partial charge on any atom is 0.220 e. The molecule has 122 valence electrons. The normalized spacial score (nSPS) is 21.1. The van der Waals surface area contributed by atoms with Crippen LogP contribution in [0.2, 0.25) is 0 Å². The highest BCUT2D eigenvalue weighted by Crippen LogP contribution is 2.21. The van der Waals surface area contributed by atoms with E-state index >= 15 is 0 Å². The van der Waals surface area contributed by atoms with Crippen LogP contribution in [0.1, 0.15) is 37.7 Å². The van der Waals surface area contributed by atoms with Gasteiger partial charge in [0, 0.05) is 18.9 Å². The number of nitrogens with one attached hydrogen (secondary N) is 1. The van der Waals surface area contributed by atoms with Crippen molar-refractivity contribution >= 4 is 5.91 Å². The van der Waals surface area contributed by atoms with Gasteiger partial charge in [-0.3, -0.25) is 4.79 Å². The van der Waals surface area contributed by atoms with Gasteiger partial charge in [0.15, 0.2) is 0 Å². The molecule has 1 amide bonds. The van der Waals surface area contributed by atoms with Gasteiger partial charge in [0.05, 0.1) is 19.3 Å². The van der Waals surface area contributed by atoms with Crippen LogP contribution in [0.25, 0.3) is 0 Å². The molecule has 1 heterocycles. The van der Waals surface area contributed by atoms with Crippen LogP contribution in [0, 0.1) is 11.7 Å². The summed E-state index contributed by atoms with van der Waals surface area (Å²) in [5.74, 6) is -0.203. The number of carbonyl (C=O) groups excluding carboxylic acids is 1. The SMILES string of the molecule is CC(CC(=O)NC(CO)C1CCCOC1)c1ccc(F)cc1. The van der Waals surface area contributed by atoms with Crippen LogP contribution in [-0.4, -0.2) is 36.9 Å². The number of hydrogen-bond donors (Lipinski definition) is 2. The second-order valence-electron chi connectivity index (χ2n) is 5.99. The van der Waals surface area contributed by atoms with Crippen LogP contribution in [0.5, 0.6) is 0 Å². The summed E-state index contributed by atoms with van der Waals surface area (Å²) in [5, 5.41) is 12.4. The van der Waals surface area contributed by atoms with Gasteiger partial charge >= 0.3 is 0 Å². The van der Waals surface area contributed by atoms with E-state index in [2.05, 4.69) is 5.32 Å². The van der Waals surface area contributed by atoms with Gasteiger partial charge in [-0.1, -0.05) is 19.1 Å². The zero-order valence-electron chi connectivity index (χ0n) is 12.9. The molecule has 3 atom stereocenters. The van der Waals surface area contributed by atoms with E-state index in [0.29, 0.717) is 13.0 Å². The molecule has 0 radical (unpaired) electrons. The summed E-state index contributed by atoms with van der Waals surface area (Å²) < 4.78 is 18.3. The maximum atomic E-state index is 12.9. The third-order valence-corrected chi connectivity index (χ3v) is 4.24. The fraction of sp³-hybridized carbons (Fsp3) is 0.588. The lowest BCUT2D eigenvalue weighted by molar-refractivity contribution is -0.123. The molecule has 1 aromatic rings. The van der Waals surface area contributed by atoms with Gasteiger partial charge in [-0.2, -0.15) is 0 Å². The molecule has 3 unspecified atom stereocenters. The van der Waals surface area contributed by atoms with Gasteiger partial charge in [0.2, 0.25) is 5.91 Å². The molecular formula is C17H24FNO3. The minimum Gasteiger partial charge on any atom is -0.394 e. The lowest BCUT2D eigenvalue weighted by atomic mass is 9.93. The predicted molar refractivity (Wildman–Crippen MR) is 82.0 cm³/mol. The number of aliphatic hydroxyl groups excluding tert-OH is 1. The van der Waals surface area contributed by atoms with E-state index < -0.39 is 0 Å². The van der Waals surface area contributed by atoms with Crippen molar-refractivity contribution in [3.05, 3.63) is 35.6 Å². The van der Waals surface area contributed by atoms with Crippen molar-refractivity contribution in [1.82, 2.24) is 5.32 Å². The maximum absolute atomic E-state index is 12.9. The molecule has 1 fully saturated rings. The monoisotopic (exact) mass is 309 g/mol. The van der Waals surface area contributed by atoms with Crippen LogP contribution in [0.3, 0.4) is 0 Å². The highest BCUT2D eigenvalue weighted by atomic mass is 19.1. The van der Waals surface area contributed by atoms with E-state index in [4.69, 9.17) is 4.74 Å². The lowest BCUT2D eigenvalue weighted by Gasteiger charge is -2.30. The molecule has 0 saturated carbocycles. The van der Waals surface area contributed by atoms with E-state index in [9.17, 15) is 14.3 Å². The Hall–Kier alpha value is -1.46. The molecule has 2 rings (SSSR count). The number of aliphatic hydroxyl groups is 1. The zero-order chi connectivity index (χ0) is 15.9. The van der Waals surface area contributed by atoms with Crippen LogP contribution in [0.15, 0.2) is 24.3 Å². The van der Waals surface area contributed by atoms with Gasteiger partial charge in [-0.25, -0.2) is 4.39 Å². The molecule has 0 spiro atoms. The van der Waals surface area contributed by atoms with Crippen LogP contribution < -0.4 is 5.32 Å². The molecule has 1 aromatic carbocycles. The summed E-state index contributed by atoms with van der Waals surface area (Å²) >= 11 is 0. The summed E-state index contributed by atoms with van der Waals surface area (Å²) in [6.45, 7) is 3.19. The Morgan fingerprint density at radius 3 is 2.77 bits per heavy atom. The predicted octanol–water partition coefficient (Wildman–Crippen LogP) is 2.22. The van der Waals surface area contributed by atoms with Crippen molar-refractivity contribution in [2.75, 3.05) is 19.8 Å². The van der Waals surface area contributed by atoms with E-state index in [1.807, 2.05) is 6.92 Å². The van der Waals surface area contributed by atoms with Crippen molar-refractivity contribution in [2.45, 2.75) is 38.1 Å². The molecule has 0 aromatic heterocycles. The summed E-state index contributed by atoms with van der Waals surface area (Å²) in [4.78, 5) is 12.2. The van der Waals surface area contributed by atoms with Crippen LogP contribution >= 0.6 is 0 Å². The van der Waals surface area contributed by atoms with Crippen LogP contribution in [-0.2, 0) is 9.53 Å². The Labute approximate surface area is 130 Å². The molecule has 0 bridgehead atoms. The minimum atomic E-state index is -0.280. The number of hydrogen-bond acceptors (Lipinski definition) is 3. The first-order valence-electron chi connectivity index (χ1n) is 7.83. The molecule has 1 saturated heterocycles. The van der Waals surface area contributed by atoms with Crippen molar-refractivity contribution in [2.24, 2.45) is 5.92 Å². The largest absolute Gasteiger partial charge is 0.394 e. The molecule has 5 heteroatoms. The topological polar surface area (TPSA) is 58.6 Å². The number of halogens is 1. The zero-order valence-corrected chi connectivity index (χ0v) is 12.9. The average Bonchev–Trinajstić information content (AvgIpc) is 2.54. The van der Waals surface area contributed by atoms with Crippen molar-refractivity contribution in [1.29, 1.82) is 0 Å². The highest BCUT2D eigenvalue weighted by molar-refractivity contribution is 5.77. The molecule has 2 N–H and O–H groups in total. The minimum absolute atomic E-state index is 0.00236.